The molecule has 0 spiro atoms. The molecule has 0 unspecified atom stereocenters. The van der Waals surface area contributed by atoms with E-state index < -0.39 is 33.4 Å². The highest BCUT2D eigenvalue weighted by atomic mass is 35.5. The number of ether oxygens (including phenoxy) is 6. The third-order valence-electron chi connectivity index (χ3n) is 7.91. The summed E-state index contributed by atoms with van der Waals surface area (Å²) in [7, 11) is 0. The van der Waals surface area contributed by atoms with Crippen molar-refractivity contribution in [3.05, 3.63) is 129 Å². The number of pyridine rings is 2. The number of nitrogens with two attached hydrogens (primary N) is 2. The molecule has 3 heterocycles. The first-order chi connectivity index (χ1) is 30.3. The van der Waals surface area contributed by atoms with Crippen molar-refractivity contribution in [2.24, 2.45) is 0 Å². The Morgan fingerprint density at radius 3 is 2.12 bits per heavy atom. The Morgan fingerprint density at radius 1 is 0.877 bits per heavy atom. The molecule has 4 bridgehead atoms. The third kappa shape index (κ3) is 17.0. The molecule has 2 aromatic heterocycles. The minimum atomic E-state index is -0.789. The highest BCUT2D eigenvalue weighted by Gasteiger charge is 2.32. The fourth-order valence-electron chi connectivity index (χ4n) is 5.42. The maximum atomic E-state index is 12.7. The first kappa shape index (κ1) is 55.6. The largest absolute Gasteiger partial charge is 0.490 e. The highest BCUT2D eigenvalue weighted by molar-refractivity contribution is 6.40. The van der Waals surface area contributed by atoms with Gasteiger partial charge < -0.3 is 39.9 Å². The van der Waals surface area contributed by atoms with Gasteiger partial charge in [0.2, 0.25) is 23.4 Å². The Balaban J connectivity index is 0.000000596. The molecule has 0 saturated carbocycles. The van der Waals surface area contributed by atoms with Gasteiger partial charge in [-0.3, -0.25) is 34.7 Å². The Labute approximate surface area is 384 Å². The predicted molar refractivity (Wildman–Crippen MR) is 247 cm³/mol. The number of hydrogen-bond donors (Lipinski definition) is 2. The lowest BCUT2D eigenvalue weighted by atomic mass is 10.2. The minimum Gasteiger partial charge on any atom is -0.490 e. The van der Waals surface area contributed by atoms with Crippen LogP contribution in [-0.4, -0.2) is 77.0 Å². The topological polar surface area (TPSA) is 260 Å². The van der Waals surface area contributed by atoms with Gasteiger partial charge >= 0.3 is 23.6 Å². The van der Waals surface area contributed by atoms with Crippen LogP contribution in [0.15, 0.2) is 98.1 Å². The number of alkyl halides is 2. The van der Waals surface area contributed by atoms with Crippen LogP contribution < -0.4 is 40.2 Å². The van der Waals surface area contributed by atoms with E-state index in [1.807, 2.05) is 0 Å². The van der Waals surface area contributed by atoms with Crippen LogP contribution in [-0.2, 0) is 22.6 Å². The minimum absolute atomic E-state index is 0. The van der Waals surface area contributed by atoms with Gasteiger partial charge in [-0.05, 0) is 61.4 Å². The number of aromatic nitrogens is 2. The average Bonchev–Trinajstić information content (AvgIpc) is 3.24. The van der Waals surface area contributed by atoms with E-state index in [-0.39, 0.29) is 91.8 Å². The van der Waals surface area contributed by atoms with Crippen LogP contribution in [0.25, 0.3) is 0 Å². The van der Waals surface area contributed by atoms with E-state index in [0.29, 0.717) is 35.8 Å². The van der Waals surface area contributed by atoms with Crippen molar-refractivity contribution < 1.29 is 52.6 Å². The number of anilines is 4. The standard InChI is InChI=1S/C21H24N4O6.C19H20N4O6.CH2Cl2.CH4.FH/c1-4-10-30-16-9-7-8-15(12-16)14-24(21(26)29-6-3)17-13-18(31-11-5-2)23-20(22)19(17)25(27)28;1-2-27-19(24)22-12-13-6-5-7-14(10-13)28-8-3-4-9-29-16-11-15(22)17(23(25)26)18(20)21-16;2-1-3;;/h4-5,7-9,12-13H,1-2,6,10-11,14H2,3H3,(H2,22,23);3-7,10-11H,2,8-9,12H2,1H3,(H2,20,21);1H2;1H4;1H/b;4-3+;;;. The quantitative estimate of drug-likeness (QED) is 0.0548. The number of amides is 2. The molecule has 4 aromatic rings. The van der Waals surface area contributed by atoms with Gasteiger partial charge in [-0.2, -0.15) is 9.97 Å². The molecule has 0 aliphatic carbocycles. The lowest BCUT2D eigenvalue weighted by Crippen LogP contribution is -2.32. The lowest BCUT2D eigenvalue weighted by Gasteiger charge is -2.23. The number of hydrogen-bond acceptors (Lipinski definition) is 16. The summed E-state index contributed by atoms with van der Waals surface area (Å²) in [5, 5.41) is 23.5. The summed E-state index contributed by atoms with van der Waals surface area (Å²) in [5.74, 6) is 0.464. The fourth-order valence-corrected chi connectivity index (χ4v) is 5.42. The molecule has 4 N–H and O–H groups in total. The molecule has 5 rings (SSSR count). The Hall–Kier alpha value is -7.39. The molecular weight excluding hydrogens is 898 g/mol. The van der Waals surface area contributed by atoms with Gasteiger partial charge in [0.05, 0.1) is 41.5 Å². The first-order valence-electron chi connectivity index (χ1n) is 18.8. The summed E-state index contributed by atoms with van der Waals surface area (Å²) >= 11 is 9.53. The van der Waals surface area contributed by atoms with Crippen LogP contribution in [0.5, 0.6) is 23.3 Å². The number of nitro groups is 2. The second kappa shape index (κ2) is 29.1. The van der Waals surface area contributed by atoms with Gasteiger partial charge in [0.25, 0.3) is 0 Å². The zero-order valence-corrected chi connectivity index (χ0v) is 36.3. The molecule has 352 valence electrons. The molecule has 0 fully saturated rings. The van der Waals surface area contributed by atoms with Gasteiger partial charge in [0, 0.05) is 12.1 Å². The molecular formula is C42H51Cl2FN8O12. The van der Waals surface area contributed by atoms with Gasteiger partial charge in [-0.1, -0.05) is 57.0 Å². The summed E-state index contributed by atoms with van der Waals surface area (Å²) < 4.78 is 32.3. The van der Waals surface area contributed by atoms with Crippen molar-refractivity contribution in [3.63, 3.8) is 0 Å². The van der Waals surface area contributed by atoms with Crippen molar-refractivity contribution in [2.75, 3.05) is 66.2 Å². The number of fused-ring (bicyclic) bond motifs is 4. The van der Waals surface area contributed by atoms with Gasteiger partial charge in [-0.25, -0.2) is 9.59 Å². The van der Waals surface area contributed by atoms with Crippen molar-refractivity contribution in [1.82, 2.24) is 9.97 Å². The fraction of sp³-hybridized carbons (Fsp3) is 0.286. The van der Waals surface area contributed by atoms with E-state index in [9.17, 15) is 29.8 Å². The Morgan fingerprint density at radius 2 is 1.49 bits per heavy atom. The summed E-state index contributed by atoms with van der Waals surface area (Å²) in [6, 6.07) is 16.6. The number of carbonyl (C=O) groups is 2. The van der Waals surface area contributed by atoms with Gasteiger partial charge in [0.15, 0.2) is 0 Å². The average molecular weight is 950 g/mol. The van der Waals surface area contributed by atoms with Gasteiger partial charge in [0.1, 0.15) is 49.3 Å². The first-order valence-corrected chi connectivity index (χ1v) is 19.8. The second-order valence-corrected chi connectivity index (χ2v) is 13.0. The Bertz CT molecular complexity index is 2260. The number of benzene rings is 2. The van der Waals surface area contributed by atoms with Crippen molar-refractivity contribution in [2.45, 2.75) is 34.4 Å². The zero-order chi connectivity index (χ0) is 46.3. The predicted octanol–water partition coefficient (Wildman–Crippen LogP) is 9.14. The van der Waals surface area contributed by atoms with E-state index in [4.69, 9.17) is 63.1 Å². The lowest BCUT2D eigenvalue weighted by molar-refractivity contribution is -0.383. The maximum Gasteiger partial charge on any atom is 0.414 e. The number of halogens is 3. The zero-order valence-electron chi connectivity index (χ0n) is 34.8. The molecule has 0 radical (unpaired) electrons. The maximum absolute atomic E-state index is 12.7. The van der Waals surface area contributed by atoms with Crippen molar-refractivity contribution in [1.29, 1.82) is 0 Å². The van der Waals surface area contributed by atoms with E-state index in [1.54, 1.807) is 80.6 Å². The summed E-state index contributed by atoms with van der Waals surface area (Å²) in [6.07, 6.45) is 5.03. The SMILES string of the molecule is C.C=CCOc1cccc(CN(C(=O)OCC)c2cc(OCC=C)nc(N)c2[N+](=O)[O-])c1.CCOC(=O)N1Cc2cccc(c2)OC/C=C/COc2cc1c([N+](=O)[O-])c(N)n2.ClCCl.F. The highest BCUT2D eigenvalue weighted by Crippen LogP contribution is 2.38. The van der Waals surface area contributed by atoms with Crippen LogP contribution in [0.3, 0.4) is 0 Å². The normalized spacial score (nSPS) is 11.7. The smallest absolute Gasteiger partial charge is 0.414 e. The summed E-state index contributed by atoms with van der Waals surface area (Å²) in [6.45, 7) is 11.4. The summed E-state index contributed by atoms with van der Waals surface area (Å²) in [4.78, 5) is 57.4. The molecule has 2 aromatic carbocycles. The number of nitrogen functional groups attached to an aromatic ring is 2. The van der Waals surface area contributed by atoms with E-state index in [2.05, 4.69) is 23.1 Å². The molecule has 65 heavy (non-hydrogen) atoms. The molecule has 0 saturated heterocycles. The molecule has 2 amide bonds. The van der Waals surface area contributed by atoms with Gasteiger partial charge in [-0.15, -0.1) is 23.2 Å². The monoisotopic (exact) mass is 948 g/mol. The third-order valence-corrected chi connectivity index (χ3v) is 7.91. The van der Waals surface area contributed by atoms with Crippen molar-refractivity contribution in [3.8, 4) is 23.3 Å². The van der Waals surface area contributed by atoms with Crippen LogP contribution in [0.1, 0.15) is 32.4 Å². The van der Waals surface area contributed by atoms with E-state index >= 15 is 0 Å². The van der Waals surface area contributed by atoms with Crippen LogP contribution >= 0.6 is 23.2 Å². The molecule has 1 aliphatic heterocycles. The van der Waals surface area contributed by atoms with Crippen LogP contribution in [0.2, 0.25) is 0 Å². The second-order valence-electron chi connectivity index (χ2n) is 12.2. The molecule has 1 aliphatic rings. The Kier molecular flexibility index (Phi) is 24.9. The van der Waals surface area contributed by atoms with E-state index in [0.717, 1.165) is 9.80 Å². The molecule has 20 nitrogen and oxygen atoms in total. The van der Waals surface area contributed by atoms with Crippen LogP contribution in [0.4, 0.5) is 48.7 Å². The van der Waals surface area contributed by atoms with Crippen molar-refractivity contribution >= 4 is 69.8 Å². The number of nitrogens with zero attached hydrogens (tertiary/aromatic N) is 6. The van der Waals surface area contributed by atoms with E-state index in [1.165, 1.54) is 18.2 Å². The molecule has 23 heteroatoms. The van der Waals surface area contributed by atoms with Crippen LogP contribution in [0, 0.1) is 20.2 Å². The molecule has 0 atom stereocenters. The number of rotatable bonds is 13. The number of carbonyl (C=O) groups excluding carboxylic acids is 2. The summed E-state index contributed by atoms with van der Waals surface area (Å²) in [5.41, 5.74) is 11.8.